The van der Waals surface area contributed by atoms with Crippen LogP contribution in [0.1, 0.15) is 37.7 Å². The normalized spacial score (nSPS) is 11.5. The van der Waals surface area contributed by atoms with Crippen LogP contribution in [0.2, 0.25) is 0 Å². The number of carbonyl (C=O) groups is 1. The van der Waals surface area contributed by atoms with Gasteiger partial charge >= 0.3 is 0 Å². The molecule has 1 aromatic rings. The number of nitrogens with one attached hydrogen (secondary N) is 2. The molecule has 0 saturated carbocycles. The van der Waals surface area contributed by atoms with Crippen molar-refractivity contribution in [3.63, 3.8) is 0 Å². The summed E-state index contributed by atoms with van der Waals surface area (Å²) in [5.41, 5.74) is 1.14. The topological polar surface area (TPSA) is 57.3 Å². The summed E-state index contributed by atoms with van der Waals surface area (Å²) in [6.07, 6.45) is 2.77. The molecule has 0 saturated heterocycles. The standard InChI is InChI=1S/C15H26N4O/c1-15(2,3)18-14(20)13-8-7-12(11-17-13)16-9-6-10-19(4)5/h7-8,11,16H,6,9-10H2,1-5H3,(H,18,20). The maximum absolute atomic E-state index is 11.9. The van der Waals surface area contributed by atoms with Crippen LogP contribution >= 0.6 is 0 Å². The summed E-state index contributed by atoms with van der Waals surface area (Å²) in [4.78, 5) is 18.3. The molecule has 5 heteroatoms. The molecule has 0 aliphatic rings. The molecule has 0 fully saturated rings. The lowest BCUT2D eigenvalue weighted by Gasteiger charge is -2.20. The highest BCUT2D eigenvalue weighted by Crippen LogP contribution is 2.08. The molecule has 0 unspecified atom stereocenters. The van der Waals surface area contributed by atoms with Gasteiger partial charge < -0.3 is 15.5 Å². The highest BCUT2D eigenvalue weighted by atomic mass is 16.2. The van der Waals surface area contributed by atoms with Crippen LogP contribution in [0, 0.1) is 0 Å². The van der Waals surface area contributed by atoms with Gasteiger partial charge in [-0.05, 0) is 60.0 Å². The van der Waals surface area contributed by atoms with Crippen molar-refractivity contribution in [2.24, 2.45) is 0 Å². The number of nitrogens with zero attached hydrogens (tertiary/aromatic N) is 2. The first-order chi connectivity index (χ1) is 9.28. The maximum Gasteiger partial charge on any atom is 0.270 e. The van der Waals surface area contributed by atoms with E-state index in [0.29, 0.717) is 5.69 Å². The summed E-state index contributed by atoms with van der Waals surface area (Å²) in [6, 6.07) is 3.63. The summed E-state index contributed by atoms with van der Waals surface area (Å²) in [5.74, 6) is -0.142. The SMILES string of the molecule is CN(C)CCCNc1ccc(C(=O)NC(C)(C)C)nc1. The molecule has 1 rings (SSSR count). The van der Waals surface area contributed by atoms with E-state index in [2.05, 4.69) is 34.6 Å². The largest absolute Gasteiger partial charge is 0.384 e. The van der Waals surface area contributed by atoms with Gasteiger partial charge in [0.25, 0.3) is 5.91 Å². The average Bonchev–Trinajstić information content (AvgIpc) is 2.33. The number of rotatable bonds is 6. The smallest absolute Gasteiger partial charge is 0.270 e. The number of anilines is 1. The van der Waals surface area contributed by atoms with E-state index in [-0.39, 0.29) is 11.4 Å². The Morgan fingerprint density at radius 3 is 2.50 bits per heavy atom. The van der Waals surface area contributed by atoms with Crippen molar-refractivity contribution < 1.29 is 4.79 Å². The molecule has 1 aromatic heterocycles. The average molecular weight is 278 g/mol. The number of hydrogen-bond donors (Lipinski definition) is 2. The van der Waals surface area contributed by atoms with Crippen LogP contribution in [-0.4, -0.2) is 48.5 Å². The molecule has 0 atom stereocenters. The lowest BCUT2D eigenvalue weighted by Crippen LogP contribution is -2.40. The fraction of sp³-hybridized carbons (Fsp3) is 0.600. The number of hydrogen-bond acceptors (Lipinski definition) is 4. The fourth-order valence-electron chi connectivity index (χ4n) is 1.67. The Kier molecular flexibility index (Phi) is 5.95. The van der Waals surface area contributed by atoms with E-state index in [1.807, 2.05) is 26.8 Å². The number of carbonyl (C=O) groups excluding carboxylic acids is 1. The van der Waals surface area contributed by atoms with Gasteiger partial charge in [-0.25, -0.2) is 4.98 Å². The van der Waals surface area contributed by atoms with Gasteiger partial charge in [-0.3, -0.25) is 4.79 Å². The third-order valence-corrected chi connectivity index (χ3v) is 2.60. The predicted octanol–water partition coefficient (Wildman–Crippen LogP) is 1.97. The van der Waals surface area contributed by atoms with E-state index < -0.39 is 0 Å². The van der Waals surface area contributed by atoms with E-state index in [0.717, 1.165) is 25.2 Å². The van der Waals surface area contributed by atoms with Crippen molar-refractivity contribution >= 4 is 11.6 Å². The molecule has 0 aliphatic carbocycles. The molecule has 0 aromatic carbocycles. The van der Waals surface area contributed by atoms with Crippen molar-refractivity contribution in [3.05, 3.63) is 24.0 Å². The van der Waals surface area contributed by atoms with Crippen LogP contribution in [0.15, 0.2) is 18.3 Å². The Hall–Kier alpha value is -1.62. The lowest BCUT2D eigenvalue weighted by atomic mass is 10.1. The maximum atomic E-state index is 11.9. The quantitative estimate of drug-likeness (QED) is 0.781. The molecule has 1 heterocycles. The van der Waals surface area contributed by atoms with Gasteiger partial charge in [0.15, 0.2) is 0 Å². The van der Waals surface area contributed by atoms with Gasteiger partial charge in [-0.2, -0.15) is 0 Å². The summed E-state index contributed by atoms with van der Waals surface area (Å²) in [7, 11) is 4.12. The highest BCUT2D eigenvalue weighted by molar-refractivity contribution is 5.92. The van der Waals surface area contributed by atoms with Gasteiger partial charge in [0.1, 0.15) is 5.69 Å². The van der Waals surface area contributed by atoms with Gasteiger partial charge in [0.2, 0.25) is 0 Å². The van der Waals surface area contributed by atoms with Gasteiger partial charge in [0.05, 0.1) is 11.9 Å². The van der Waals surface area contributed by atoms with Crippen molar-refractivity contribution in [2.75, 3.05) is 32.5 Å². The third kappa shape index (κ3) is 6.52. The second kappa shape index (κ2) is 7.24. The van der Waals surface area contributed by atoms with Gasteiger partial charge in [0, 0.05) is 12.1 Å². The Morgan fingerprint density at radius 2 is 2.00 bits per heavy atom. The van der Waals surface area contributed by atoms with Crippen molar-refractivity contribution in [1.29, 1.82) is 0 Å². The Morgan fingerprint density at radius 1 is 1.30 bits per heavy atom. The Balaban J connectivity index is 2.46. The third-order valence-electron chi connectivity index (χ3n) is 2.60. The van der Waals surface area contributed by atoms with E-state index >= 15 is 0 Å². The summed E-state index contributed by atoms with van der Waals surface area (Å²) in [6.45, 7) is 7.79. The van der Waals surface area contributed by atoms with Crippen LogP contribution in [-0.2, 0) is 0 Å². The minimum atomic E-state index is -0.248. The second-order valence-corrected chi connectivity index (χ2v) is 6.22. The van der Waals surface area contributed by atoms with Crippen molar-refractivity contribution in [2.45, 2.75) is 32.7 Å². The zero-order valence-corrected chi connectivity index (χ0v) is 13.2. The van der Waals surface area contributed by atoms with E-state index in [4.69, 9.17) is 0 Å². The monoisotopic (exact) mass is 278 g/mol. The van der Waals surface area contributed by atoms with Gasteiger partial charge in [-0.15, -0.1) is 0 Å². The molecule has 0 bridgehead atoms. The summed E-state index contributed by atoms with van der Waals surface area (Å²) < 4.78 is 0. The van der Waals surface area contributed by atoms with Crippen LogP contribution in [0.25, 0.3) is 0 Å². The first kappa shape index (κ1) is 16.4. The summed E-state index contributed by atoms with van der Waals surface area (Å²) >= 11 is 0. The molecule has 5 nitrogen and oxygen atoms in total. The Bertz CT molecular complexity index is 420. The molecule has 2 N–H and O–H groups in total. The van der Waals surface area contributed by atoms with Crippen LogP contribution in [0.5, 0.6) is 0 Å². The minimum Gasteiger partial charge on any atom is -0.384 e. The van der Waals surface area contributed by atoms with E-state index in [1.165, 1.54) is 0 Å². The van der Waals surface area contributed by atoms with Crippen LogP contribution < -0.4 is 10.6 Å². The van der Waals surface area contributed by atoms with E-state index in [1.54, 1.807) is 12.3 Å². The summed E-state index contributed by atoms with van der Waals surface area (Å²) in [5, 5.41) is 6.19. The molecule has 0 spiro atoms. The Labute approximate surface area is 121 Å². The van der Waals surface area contributed by atoms with Crippen molar-refractivity contribution in [1.82, 2.24) is 15.2 Å². The molecule has 20 heavy (non-hydrogen) atoms. The van der Waals surface area contributed by atoms with Gasteiger partial charge in [-0.1, -0.05) is 0 Å². The molecule has 0 radical (unpaired) electrons. The first-order valence-corrected chi connectivity index (χ1v) is 6.95. The molecule has 0 aliphatic heterocycles. The number of pyridine rings is 1. The number of aromatic nitrogens is 1. The second-order valence-electron chi connectivity index (χ2n) is 6.22. The van der Waals surface area contributed by atoms with Crippen molar-refractivity contribution in [3.8, 4) is 0 Å². The number of amides is 1. The van der Waals surface area contributed by atoms with Crippen LogP contribution in [0.4, 0.5) is 5.69 Å². The molecular formula is C15H26N4O. The van der Waals surface area contributed by atoms with E-state index in [9.17, 15) is 4.79 Å². The molecule has 112 valence electrons. The first-order valence-electron chi connectivity index (χ1n) is 6.95. The predicted molar refractivity (Wildman–Crippen MR) is 83.1 cm³/mol. The molecule has 1 amide bonds. The minimum absolute atomic E-state index is 0.142. The zero-order valence-electron chi connectivity index (χ0n) is 13.2. The lowest BCUT2D eigenvalue weighted by molar-refractivity contribution is 0.0914. The molecular weight excluding hydrogens is 252 g/mol. The fourth-order valence-corrected chi connectivity index (χ4v) is 1.67. The van der Waals surface area contributed by atoms with Crippen LogP contribution in [0.3, 0.4) is 0 Å². The highest BCUT2D eigenvalue weighted by Gasteiger charge is 2.15. The zero-order chi connectivity index (χ0) is 15.2.